The summed E-state index contributed by atoms with van der Waals surface area (Å²) in [5, 5.41) is 3.56. The predicted octanol–water partition coefficient (Wildman–Crippen LogP) is 3.56. The van der Waals surface area contributed by atoms with Crippen LogP contribution in [0.5, 0.6) is 0 Å². The third kappa shape index (κ3) is 3.57. The van der Waals surface area contributed by atoms with Crippen LogP contribution in [0.3, 0.4) is 0 Å². The van der Waals surface area contributed by atoms with E-state index in [2.05, 4.69) is 43.4 Å². The first kappa shape index (κ1) is 12.6. The topological polar surface area (TPSA) is 12.0 Å². The summed E-state index contributed by atoms with van der Waals surface area (Å²) in [5.74, 6) is 1.84. The van der Waals surface area contributed by atoms with Crippen LogP contribution in [0, 0.1) is 18.8 Å². The highest BCUT2D eigenvalue weighted by Gasteiger charge is 2.29. The molecule has 1 nitrogen and oxygen atoms in total. The zero-order chi connectivity index (χ0) is 12.1. The van der Waals surface area contributed by atoms with Crippen LogP contribution in [0.2, 0.25) is 0 Å². The lowest BCUT2D eigenvalue weighted by Gasteiger charge is -2.37. The van der Waals surface area contributed by atoms with Crippen molar-refractivity contribution in [2.24, 2.45) is 11.8 Å². The molecule has 2 atom stereocenters. The predicted molar refractivity (Wildman–Crippen MR) is 74.3 cm³/mol. The van der Waals surface area contributed by atoms with E-state index in [1.165, 1.54) is 49.9 Å². The first-order valence-corrected chi connectivity index (χ1v) is 7.06. The number of benzene rings is 1. The molecule has 0 saturated heterocycles. The van der Waals surface area contributed by atoms with Crippen molar-refractivity contribution >= 4 is 0 Å². The molecule has 94 valence electrons. The van der Waals surface area contributed by atoms with Gasteiger partial charge in [0.25, 0.3) is 0 Å². The molecule has 2 rings (SSSR count). The smallest absolute Gasteiger partial charge is 0.00178 e. The standard InChI is InChI=1S/C16H25N/c1-3-10-17-12-16-9-8-15(16)11-14-6-4-13(2)5-7-14/h4-7,15-17H,3,8-12H2,1-2H3. The van der Waals surface area contributed by atoms with Crippen LogP contribution in [0.15, 0.2) is 24.3 Å². The minimum absolute atomic E-state index is 0.919. The Bertz CT molecular complexity index is 328. The molecule has 0 amide bonds. The van der Waals surface area contributed by atoms with E-state index in [0.717, 1.165) is 11.8 Å². The second kappa shape index (κ2) is 6.20. The fraction of sp³-hybridized carbons (Fsp3) is 0.625. The van der Waals surface area contributed by atoms with Gasteiger partial charge in [0.2, 0.25) is 0 Å². The lowest BCUT2D eigenvalue weighted by atomic mass is 9.70. The minimum Gasteiger partial charge on any atom is -0.316 e. The third-order valence-electron chi connectivity index (χ3n) is 4.03. The molecule has 0 radical (unpaired) electrons. The van der Waals surface area contributed by atoms with Gasteiger partial charge in [0.15, 0.2) is 0 Å². The fourth-order valence-corrected chi connectivity index (χ4v) is 2.67. The van der Waals surface area contributed by atoms with Crippen molar-refractivity contribution in [3.63, 3.8) is 0 Å². The Labute approximate surface area is 106 Å². The normalized spacial score (nSPS) is 23.4. The maximum absolute atomic E-state index is 3.56. The third-order valence-corrected chi connectivity index (χ3v) is 4.03. The maximum Gasteiger partial charge on any atom is -0.00178 e. The van der Waals surface area contributed by atoms with Crippen molar-refractivity contribution in [1.82, 2.24) is 5.32 Å². The SMILES string of the molecule is CCCNCC1CCC1Cc1ccc(C)cc1. The molecule has 2 unspecified atom stereocenters. The summed E-state index contributed by atoms with van der Waals surface area (Å²) in [6.45, 7) is 6.79. The van der Waals surface area contributed by atoms with E-state index >= 15 is 0 Å². The molecule has 0 aromatic heterocycles. The molecular formula is C16H25N. The Morgan fingerprint density at radius 3 is 2.41 bits per heavy atom. The maximum atomic E-state index is 3.56. The summed E-state index contributed by atoms with van der Waals surface area (Å²) in [7, 11) is 0. The summed E-state index contributed by atoms with van der Waals surface area (Å²) in [4.78, 5) is 0. The van der Waals surface area contributed by atoms with Crippen LogP contribution in [-0.2, 0) is 6.42 Å². The second-order valence-electron chi connectivity index (χ2n) is 5.49. The molecule has 1 aliphatic carbocycles. The number of hydrogen-bond acceptors (Lipinski definition) is 1. The van der Waals surface area contributed by atoms with Crippen molar-refractivity contribution < 1.29 is 0 Å². The molecule has 0 aliphatic heterocycles. The Morgan fingerprint density at radius 2 is 1.82 bits per heavy atom. The van der Waals surface area contributed by atoms with Crippen molar-refractivity contribution in [2.75, 3.05) is 13.1 Å². The van der Waals surface area contributed by atoms with Gasteiger partial charge in [-0.05, 0) is 63.1 Å². The summed E-state index contributed by atoms with van der Waals surface area (Å²) < 4.78 is 0. The molecule has 1 aromatic rings. The van der Waals surface area contributed by atoms with E-state index in [0.29, 0.717) is 0 Å². The van der Waals surface area contributed by atoms with Crippen molar-refractivity contribution in [3.8, 4) is 0 Å². The van der Waals surface area contributed by atoms with Crippen LogP contribution in [0.4, 0.5) is 0 Å². The van der Waals surface area contributed by atoms with Gasteiger partial charge in [-0.3, -0.25) is 0 Å². The molecule has 1 fully saturated rings. The number of rotatable bonds is 6. The minimum atomic E-state index is 0.919. The molecule has 1 saturated carbocycles. The monoisotopic (exact) mass is 231 g/mol. The zero-order valence-electron chi connectivity index (χ0n) is 11.2. The summed E-state index contributed by atoms with van der Waals surface area (Å²) in [6, 6.07) is 9.06. The van der Waals surface area contributed by atoms with Gasteiger partial charge in [0.05, 0.1) is 0 Å². The molecule has 0 heterocycles. The fourth-order valence-electron chi connectivity index (χ4n) is 2.67. The molecule has 0 spiro atoms. The van der Waals surface area contributed by atoms with Gasteiger partial charge in [0.1, 0.15) is 0 Å². The van der Waals surface area contributed by atoms with Crippen molar-refractivity contribution in [2.45, 2.75) is 39.5 Å². The Balaban J connectivity index is 1.77. The van der Waals surface area contributed by atoms with Gasteiger partial charge >= 0.3 is 0 Å². The largest absolute Gasteiger partial charge is 0.316 e. The zero-order valence-corrected chi connectivity index (χ0v) is 11.2. The number of aryl methyl sites for hydroxylation is 1. The quantitative estimate of drug-likeness (QED) is 0.738. The van der Waals surface area contributed by atoms with E-state index in [1.807, 2.05) is 0 Å². The molecule has 1 N–H and O–H groups in total. The average Bonchev–Trinajstić information content (AvgIpc) is 2.32. The highest BCUT2D eigenvalue weighted by atomic mass is 14.9. The highest BCUT2D eigenvalue weighted by molar-refractivity contribution is 5.22. The highest BCUT2D eigenvalue weighted by Crippen LogP contribution is 2.36. The van der Waals surface area contributed by atoms with Crippen LogP contribution < -0.4 is 5.32 Å². The van der Waals surface area contributed by atoms with Crippen LogP contribution in [-0.4, -0.2) is 13.1 Å². The first-order valence-electron chi connectivity index (χ1n) is 7.06. The molecule has 0 bridgehead atoms. The van der Waals surface area contributed by atoms with E-state index < -0.39 is 0 Å². The van der Waals surface area contributed by atoms with E-state index in [1.54, 1.807) is 0 Å². The Hall–Kier alpha value is -0.820. The summed E-state index contributed by atoms with van der Waals surface area (Å²) in [5.41, 5.74) is 2.88. The lowest BCUT2D eigenvalue weighted by molar-refractivity contribution is 0.171. The van der Waals surface area contributed by atoms with E-state index in [9.17, 15) is 0 Å². The van der Waals surface area contributed by atoms with E-state index in [4.69, 9.17) is 0 Å². The molecular weight excluding hydrogens is 206 g/mol. The van der Waals surface area contributed by atoms with Crippen molar-refractivity contribution in [3.05, 3.63) is 35.4 Å². The Morgan fingerprint density at radius 1 is 1.12 bits per heavy atom. The first-order chi connectivity index (χ1) is 8.29. The summed E-state index contributed by atoms with van der Waals surface area (Å²) >= 11 is 0. The molecule has 1 heteroatoms. The van der Waals surface area contributed by atoms with Gasteiger partial charge in [-0.25, -0.2) is 0 Å². The summed E-state index contributed by atoms with van der Waals surface area (Å²) in [6.07, 6.45) is 5.37. The Kier molecular flexibility index (Phi) is 4.61. The van der Waals surface area contributed by atoms with Crippen LogP contribution in [0.1, 0.15) is 37.3 Å². The average molecular weight is 231 g/mol. The second-order valence-corrected chi connectivity index (χ2v) is 5.49. The molecule has 1 aliphatic rings. The van der Waals surface area contributed by atoms with Gasteiger partial charge in [-0.1, -0.05) is 36.8 Å². The van der Waals surface area contributed by atoms with Crippen LogP contribution in [0.25, 0.3) is 0 Å². The van der Waals surface area contributed by atoms with Gasteiger partial charge < -0.3 is 5.32 Å². The van der Waals surface area contributed by atoms with Gasteiger partial charge in [-0.2, -0.15) is 0 Å². The lowest BCUT2D eigenvalue weighted by Crippen LogP contribution is -2.36. The van der Waals surface area contributed by atoms with E-state index in [-0.39, 0.29) is 0 Å². The number of hydrogen-bond donors (Lipinski definition) is 1. The number of nitrogens with one attached hydrogen (secondary N) is 1. The van der Waals surface area contributed by atoms with Gasteiger partial charge in [-0.15, -0.1) is 0 Å². The molecule has 17 heavy (non-hydrogen) atoms. The van der Waals surface area contributed by atoms with Gasteiger partial charge in [0, 0.05) is 0 Å². The van der Waals surface area contributed by atoms with Crippen LogP contribution >= 0.6 is 0 Å². The van der Waals surface area contributed by atoms with Crippen molar-refractivity contribution in [1.29, 1.82) is 0 Å². The molecule has 1 aromatic carbocycles.